The van der Waals surface area contributed by atoms with Crippen molar-refractivity contribution in [1.82, 2.24) is 5.32 Å². The number of aryl methyl sites for hydroxylation is 1. The lowest BCUT2D eigenvalue weighted by Crippen LogP contribution is -2.12. The van der Waals surface area contributed by atoms with E-state index in [4.69, 9.17) is 0 Å². The standard InChI is InChI=1S/C11H14BrN/c1-3-6-13-8-10-4-5-11(12)9(2)7-10/h3-5,7,13H,1,6,8H2,2H3. The van der Waals surface area contributed by atoms with Gasteiger partial charge >= 0.3 is 0 Å². The zero-order chi connectivity index (χ0) is 9.68. The largest absolute Gasteiger partial charge is 0.309 e. The van der Waals surface area contributed by atoms with Crippen molar-refractivity contribution in [1.29, 1.82) is 0 Å². The topological polar surface area (TPSA) is 12.0 Å². The van der Waals surface area contributed by atoms with Crippen LogP contribution in [0.3, 0.4) is 0 Å². The molecule has 0 amide bonds. The smallest absolute Gasteiger partial charge is 0.0208 e. The molecule has 0 aliphatic carbocycles. The predicted molar refractivity (Wildman–Crippen MR) is 60.8 cm³/mol. The van der Waals surface area contributed by atoms with E-state index in [1.807, 2.05) is 6.08 Å². The van der Waals surface area contributed by atoms with Crippen molar-refractivity contribution in [2.75, 3.05) is 6.54 Å². The van der Waals surface area contributed by atoms with Crippen LogP contribution in [0.5, 0.6) is 0 Å². The molecule has 2 heteroatoms. The van der Waals surface area contributed by atoms with Crippen LogP contribution in [-0.4, -0.2) is 6.54 Å². The van der Waals surface area contributed by atoms with Crippen molar-refractivity contribution in [2.24, 2.45) is 0 Å². The molecular formula is C11H14BrN. The van der Waals surface area contributed by atoms with Gasteiger partial charge in [-0.1, -0.05) is 34.1 Å². The Morgan fingerprint density at radius 1 is 1.54 bits per heavy atom. The van der Waals surface area contributed by atoms with Crippen molar-refractivity contribution in [2.45, 2.75) is 13.5 Å². The fourth-order valence-electron chi connectivity index (χ4n) is 1.14. The van der Waals surface area contributed by atoms with Crippen LogP contribution in [0.2, 0.25) is 0 Å². The maximum Gasteiger partial charge on any atom is 0.0208 e. The van der Waals surface area contributed by atoms with E-state index in [9.17, 15) is 0 Å². The minimum atomic E-state index is 0.856. The molecule has 0 spiro atoms. The first kappa shape index (κ1) is 10.5. The van der Waals surface area contributed by atoms with E-state index < -0.39 is 0 Å². The third-order valence-corrected chi connectivity index (χ3v) is 2.73. The summed E-state index contributed by atoms with van der Waals surface area (Å²) in [7, 11) is 0. The second kappa shape index (κ2) is 5.20. The Morgan fingerprint density at radius 3 is 2.92 bits per heavy atom. The Kier molecular flexibility index (Phi) is 4.19. The van der Waals surface area contributed by atoms with E-state index >= 15 is 0 Å². The summed E-state index contributed by atoms with van der Waals surface area (Å²) in [6.07, 6.45) is 1.87. The second-order valence-electron chi connectivity index (χ2n) is 3.00. The lowest BCUT2D eigenvalue weighted by molar-refractivity contribution is 0.760. The molecule has 0 saturated heterocycles. The zero-order valence-corrected chi connectivity index (χ0v) is 9.39. The summed E-state index contributed by atoms with van der Waals surface area (Å²) in [4.78, 5) is 0. The summed E-state index contributed by atoms with van der Waals surface area (Å²) in [6.45, 7) is 7.51. The van der Waals surface area contributed by atoms with Gasteiger partial charge in [0.25, 0.3) is 0 Å². The predicted octanol–water partition coefficient (Wildman–Crippen LogP) is 3.03. The summed E-state index contributed by atoms with van der Waals surface area (Å²) in [5, 5.41) is 3.26. The minimum Gasteiger partial charge on any atom is -0.309 e. The molecule has 0 aliphatic heterocycles. The first-order valence-corrected chi connectivity index (χ1v) is 5.10. The molecule has 0 heterocycles. The van der Waals surface area contributed by atoms with E-state index in [2.05, 4.69) is 52.9 Å². The molecule has 1 nitrogen and oxygen atoms in total. The summed E-state index contributed by atoms with van der Waals surface area (Å²) in [5.74, 6) is 0. The van der Waals surface area contributed by atoms with Gasteiger partial charge in [0.05, 0.1) is 0 Å². The Balaban J connectivity index is 2.57. The molecule has 0 aromatic heterocycles. The maximum absolute atomic E-state index is 3.65. The third-order valence-electron chi connectivity index (χ3n) is 1.84. The third kappa shape index (κ3) is 3.33. The molecule has 1 aromatic carbocycles. The molecule has 0 saturated carbocycles. The average Bonchev–Trinajstić information content (AvgIpc) is 2.12. The normalized spacial score (nSPS) is 10.0. The van der Waals surface area contributed by atoms with Gasteiger partial charge in [-0.2, -0.15) is 0 Å². The van der Waals surface area contributed by atoms with Gasteiger partial charge in [-0.05, 0) is 24.1 Å². The van der Waals surface area contributed by atoms with Gasteiger partial charge in [-0.3, -0.25) is 0 Å². The maximum atomic E-state index is 3.65. The van der Waals surface area contributed by atoms with Crippen LogP contribution in [0.25, 0.3) is 0 Å². The van der Waals surface area contributed by atoms with Crippen molar-refractivity contribution >= 4 is 15.9 Å². The molecule has 1 rings (SSSR count). The monoisotopic (exact) mass is 239 g/mol. The van der Waals surface area contributed by atoms with Gasteiger partial charge in [-0.25, -0.2) is 0 Å². The summed E-state index contributed by atoms with van der Waals surface area (Å²) < 4.78 is 1.17. The van der Waals surface area contributed by atoms with Gasteiger partial charge in [-0.15, -0.1) is 6.58 Å². The van der Waals surface area contributed by atoms with Crippen molar-refractivity contribution in [3.8, 4) is 0 Å². The Hall–Kier alpha value is -0.600. The highest BCUT2D eigenvalue weighted by Gasteiger charge is 1.95. The van der Waals surface area contributed by atoms with Crippen LogP contribution in [0.15, 0.2) is 35.3 Å². The number of benzene rings is 1. The zero-order valence-electron chi connectivity index (χ0n) is 7.81. The molecule has 13 heavy (non-hydrogen) atoms. The van der Waals surface area contributed by atoms with E-state index in [-0.39, 0.29) is 0 Å². The number of hydrogen-bond donors (Lipinski definition) is 1. The Morgan fingerprint density at radius 2 is 2.31 bits per heavy atom. The second-order valence-corrected chi connectivity index (χ2v) is 3.86. The van der Waals surface area contributed by atoms with Gasteiger partial charge in [0.15, 0.2) is 0 Å². The molecule has 0 radical (unpaired) electrons. The van der Waals surface area contributed by atoms with Crippen LogP contribution < -0.4 is 5.32 Å². The van der Waals surface area contributed by atoms with E-state index in [1.54, 1.807) is 0 Å². The number of rotatable bonds is 4. The highest BCUT2D eigenvalue weighted by atomic mass is 79.9. The van der Waals surface area contributed by atoms with Gasteiger partial charge in [0.2, 0.25) is 0 Å². The fraction of sp³-hybridized carbons (Fsp3) is 0.273. The highest BCUT2D eigenvalue weighted by Crippen LogP contribution is 2.16. The quantitative estimate of drug-likeness (QED) is 0.630. The number of hydrogen-bond acceptors (Lipinski definition) is 1. The Bertz CT molecular complexity index is 294. The van der Waals surface area contributed by atoms with E-state index in [0.29, 0.717) is 0 Å². The molecule has 0 aliphatic rings. The van der Waals surface area contributed by atoms with Crippen LogP contribution in [-0.2, 0) is 6.54 Å². The fourth-order valence-corrected chi connectivity index (χ4v) is 1.38. The molecule has 1 N–H and O–H groups in total. The molecule has 70 valence electrons. The number of halogens is 1. The lowest BCUT2D eigenvalue weighted by Gasteiger charge is -2.04. The van der Waals surface area contributed by atoms with Crippen molar-refractivity contribution in [3.05, 3.63) is 46.5 Å². The van der Waals surface area contributed by atoms with Crippen molar-refractivity contribution in [3.63, 3.8) is 0 Å². The summed E-state index contributed by atoms with van der Waals surface area (Å²) in [5.41, 5.74) is 2.58. The average molecular weight is 240 g/mol. The van der Waals surface area contributed by atoms with Crippen LogP contribution in [0, 0.1) is 6.92 Å². The molecule has 0 atom stereocenters. The SMILES string of the molecule is C=CCNCc1ccc(Br)c(C)c1. The lowest BCUT2D eigenvalue weighted by atomic mass is 10.1. The Labute approximate surface area is 88.0 Å². The molecule has 0 bridgehead atoms. The van der Waals surface area contributed by atoms with Gasteiger partial charge in [0, 0.05) is 17.6 Å². The summed E-state index contributed by atoms with van der Waals surface area (Å²) in [6, 6.07) is 6.38. The minimum absolute atomic E-state index is 0.856. The van der Waals surface area contributed by atoms with Crippen LogP contribution in [0.4, 0.5) is 0 Å². The molecule has 0 fully saturated rings. The van der Waals surface area contributed by atoms with E-state index in [1.165, 1.54) is 15.6 Å². The highest BCUT2D eigenvalue weighted by molar-refractivity contribution is 9.10. The van der Waals surface area contributed by atoms with Gasteiger partial charge in [0.1, 0.15) is 0 Å². The summed E-state index contributed by atoms with van der Waals surface area (Å²) >= 11 is 3.47. The molecule has 0 unspecified atom stereocenters. The van der Waals surface area contributed by atoms with Crippen LogP contribution in [0.1, 0.15) is 11.1 Å². The molecule has 1 aromatic rings. The van der Waals surface area contributed by atoms with E-state index in [0.717, 1.165) is 13.1 Å². The first-order chi connectivity index (χ1) is 6.24. The van der Waals surface area contributed by atoms with Crippen LogP contribution >= 0.6 is 15.9 Å². The molecular weight excluding hydrogens is 226 g/mol. The first-order valence-electron chi connectivity index (χ1n) is 4.30. The number of nitrogens with one attached hydrogen (secondary N) is 1. The van der Waals surface area contributed by atoms with Crippen molar-refractivity contribution < 1.29 is 0 Å². The van der Waals surface area contributed by atoms with Gasteiger partial charge < -0.3 is 5.32 Å².